The second kappa shape index (κ2) is 6.65. The molecule has 0 N–H and O–H groups in total. The second-order valence-electron chi connectivity index (χ2n) is 2.88. The minimum atomic E-state index is -0.899. The smallest absolute Gasteiger partial charge is 0.369 e. The van der Waals surface area contributed by atoms with Gasteiger partial charge < -0.3 is 9.57 Å². The van der Waals surface area contributed by atoms with E-state index >= 15 is 0 Å². The molecule has 0 bridgehead atoms. The number of nitrogens with zero attached hydrogens (tertiary/aromatic N) is 1. The number of para-hydroxylation sites is 1. The molecule has 1 aromatic rings. The zero-order valence-electron chi connectivity index (χ0n) is 9.05. The van der Waals surface area contributed by atoms with Crippen LogP contribution in [0.5, 0.6) is 5.75 Å². The molecule has 0 atom stereocenters. The van der Waals surface area contributed by atoms with Crippen LogP contribution in [0.15, 0.2) is 35.5 Å². The van der Waals surface area contributed by atoms with Crippen LogP contribution < -0.4 is 4.74 Å². The number of Topliss-reactive ketones (excluding diaryl/α,β-unsaturated/α-hetero) is 1. The highest BCUT2D eigenvalue weighted by atomic mass is 35.5. The molecule has 0 fully saturated rings. The van der Waals surface area contributed by atoms with E-state index in [-0.39, 0.29) is 5.88 Å². The highest BCUT2D eigenvalue weighted by Gasteiger charge is 2.22. The van der Waals surface area contributed by atoms with Crippen LogP contribution >= 0.6 is 11.6 Å². The molecule has 0 heterocycles. The number of rotatable bonds is 5. The summed E-state index contributed by atoms with van der Waals surface area (Å²) in [4.78, 5) is 27.3. The van der Waals surface area contributed by atoms with E-state index in [1.54, 1.807) is 30.3 Å². The Bertz CT molecular complexity index is 430. The molecule has 0 saturated carbocycles. The van der Waals surface area contributed by atoms with Crippen LogP contribution in [0.2, 0.25) is 0 Å². The second-order valence-corrected chi connectivity index (χ2v) is 3.15. The van der Waals surface area contributed by atoms with Gasteiger partial charge in [-0.05, 0) is 12.1 Å². The van der Waals surface area contributed by atoms with Crippen molar-refractivity contribution < 1.29 is 19.2 Å². The van der Waals surface area contributed by atoms with E-state index in [1.165, 1.54) is 7.11 Å². The summed E-state index contributed by atoms with van der Waals surface area (Å²) < 4.78 is 4.92. The van der Waals surface area contributed by atoms with E-state index in [9.17, 15) is 9.59 Å². The van der Waals surface area contributed by atoms with Gasteiger partial charge in [0.2, 0.25) is 11.5 Å². The number of ketones is 1. The van der Waals surface area contributed by atoms with Gasteiger partial charge in [0.05, 0.1) is 5.88 Å². The van der Waals surface area contributed by atoms with Crippen molar-refractivity contribution in [1.82, 2.24) is 0 Å². The Kier molecular flexibility index (Phi) is 5.16. The number of hydrogen-bond acceptors (Lipinski definition) is 5. The molecule has 6 heteroatoms. The lowest BCUT2D eigenvalue weighted by molar-refractivity contribution is -0.128. The maximum Gasteiger partial charge on any atom is 0.369 e. The number of carbonyl (C=O) groups excluding carboxylic acids is 2. The molecule has 0 unspecified atom stereocenters. The van der Waals surface area contributed by atoms with Crippen molar-refractivity contribution in [3.05, 3.63) is 30.3 Å². The lowest BCUT2D eigenvalue weighted by atomic mass is 10.3. The predicted molar refractivity (Wildman–Crippen MR) is 62.2 cm³/mol. The number of ether oxygens (including phenoxy) is 1. The topological polar surface area (TPSA) is 65.0 Å². The van der Waals surface area contributed by atoms with E-state index < -0.39 is 17.5 Å². The normalized spacial score (nSPS) is 10.8. The van der Waals surface area contributed by atoms with Crippen molar-refractivity contribution in [2.45, 2.75) is 0 Å². The lowest BCUT2D eigenvalue weighted by Gasteiger charge is -2.04. The molecule has 0 aliphatic carbocycles. The van der Waals surface area contributed by atoms with Crippen molar-refractivity contribution in [2.75, 3.05) is 13.0 Å². The molecule has 0 aromatic heterocycles. The van der Waals surface area contributed by atoms with Gasteiger partial charge >= 0.3 is 5.97 Å². The number of alkyl halides is 1. The third kappa shape index (κ3) is 3.88. The zero-order valence-corrected chi connectivity index (χ0v) is 9.81. The third-order valence-electron chi connectivity index (χ3n) is 1.72. The van der Waals surface area contributed by atoms with Crippen molar-refractivity contribution in [2.24, 2.45) is 5.16 Å². The van der Waals surface area contributed by atoms with Crippen LogP contribution in [0.3, 0.4) is 0 Å². The summed E-state index contributed by atoms with van der Waals surface area (Å²) in [6.07, 6.45) is 0. The number of benzene rings is 1. The average molecular weight is 256 g/mol. The molecule has 1 rings (SSSR count). The van der Waals surface area contributed by atoms with E-state index in [1.807, 2.05) is 0 Å². The van der Waals surface area contributed by atoms with Crippen molar-refractivity contribution >= 4 is 29.1 Å². The van der Waals surface area contributed by atoms with E-state index in [2.05, 4.69) is 9.99 Å². The summed E-state index contributed by atoms with van der Waals surface area (Å²) >= 11 is 5.34. The minimum absolute atomic E-state index is 0.309. The Morgan fingerprint density at radius 1 is 1.29 bits per heavy atom. The van der Waals surface area contributed by atoms with Gasteiger partial charge in [0.25, 0.3) is 0 Å². The molecule has 0 radical (unpaired) electrons. The minimum Gasteiger partial charge on any atom is -0.422 e. The maximum atomic E-state index is 11.6. The molecular weight excluding hydrogens is 246 g/mol. The van der Waals surface area contributed by atoms with Crippen LogP contribution in [0.1, 0.15) is 0 Å². The maximum absolute atomic E-state index is 11.6. The van der Waals surface area contributed by atoms with Gasteiger partial charge in [-0.2, -0.15) is 0 Å². The van der Waals surface area contributed by atoms with E-state index in [0.717, 1.165) is 0 Å². The molecule has 0 aliphatic heterocycles. The van der Waals surface area contributed by atoms with Crippen molar-refractivity contribution in [3.8, 4) is 5.75 Å². The van der Waals surface area contributed by atoms with Gasteiger partial charge in [0.1, 0.15) is 12.9 Å². The molecule has 0 saturated heterocycles. The third-order valence-corrected chi connectivity index (χ3v) is 1.96. The van der Waals surface area contributed by atoms with Crippen molar-refractivity contribution in [1.29, 1.82) is 0 Å². The predicted octanol–water partition coefficient (Wildman–Crippen LogP) is 1.40. The summed E-state index contributed by atoms with van der Waals surface area (Å²) in [6, 6.07) is 8.31. The largest absolute Gasteiger partial charge is 0.422 e. The van der Waals surface area contributed by atoms with Gasteiger partial charge in [-0.1, -0.05) is 23.4 Å². The Morgan fingerprint density at radius 3 is 2.47 bits per heavy atom. The number of carbonyl (C=O) groups is 2. The van der Waals surface area contributed by atoms with Crippen LogP contribution in [0.25, 0.3) is 0 Å². The first-order valence-electron chi connectivity index (χ1n) is 4.66. The Hall–Kier alpha value is -1.88. The summed E-state index contributed by atoms with van der Waals surface area (Å²) in [5.74, 6) is -1.62. The molecule has 17 heavy (non-hydrogen) atoms. The lowest BCUT2D eigenvalue weighted by Crippen LogP contribution is -2.29. The molecule has 90 valence electrons. The summed E-state index contributed by atoms with van der Waals surface area (Å²) in [5, 5.41) is 3.30. The first-order valence-corrected chi connectivity index (χ1v) is 5.20. The van der Waals surface area contributed by atoms with Gasteiger partial charge in [-0.25, -0.2) is 4.79 Å². The number of esters is 1. The van der Waals surface area contributed by atoms with Gasteiger partial charge in [0.15, 0.2) is 0 Å². The molecule has 0 spiro atoms. The molecule has 0 aliphatic rings. The van der Waals surface area contributed by atoms with Gasteiger partial charge in [-0.15, -0.1) is 11.6 Å². The van der Waals surface area contributed by atoms with Crippen LogP contribution in [-0.2, 0) is 14.4 Å². The number of halogens is 1. The molecule has 1 aromatic carbocycles. The fraction of sp³-hybridized carbons (Fsp3) is 0.182. The van der Waals surface area contributed by atoms with Crippen LogP contribution in [0, 0.1) is 0 Å². The first-order chi connectivity index (χ1) is 8.19. The van der Waals surface area contributed by atoms with Gasteiger partial charge in [0, 0.05) is 0 Å². The van der Waals surface area contributed by atoms with Gasteiger partial charge in [-0.3, -0.25) is 4.79 Å². The van der Waals surface area contributed by atoms with Crippen molar-refractivity contribution in [3.63, 3.8) is 0 Å². The first kappa shape index (κ1) is 13.2. The SMILES string of the molecule is CO/N=C(/C(=O)CCl)C(=O)Oc1ccccc1. The van der Waals surface area contributed by atoms with E-state index in [4.69, 9.17) is 16.3 Å². The Labute approximate surface area is 103 Å². The van der Waals surface area contributed by atoms with E-state index in [0.29, 0.717) is 5.75 Å². The summed E-state index contributed by atoms with van der Waals surface area (Å²) in [7, 11) is 1.22. The fourth-order valence-corrected chi connectivity index (χ4v) is 1.13. The standard InChI is InChI=1S/C11H10ClNO4/c1-16-13-10(9(14)7-12)11(15)17-8-5-3-2-4-6-8/h2-6H,7H2,1H3/b13-10-. The van der Waals surface area contributed by atoms with Crippen LogP contribution in [-0.4, -0.2) is 30.5 Å². The average Bonchev–Trinajstić information content (AvgIpc) is 2.36. The monoisotopic (exact) mass is 255 g/mol. The summed E-state index contributed by atoms with van der Waals surface area (Å²) in [5.41, 5.74) is -0.466. The Balaban J connectivity index is 2.80. The zero-order chi connectivity index (χ0) is 12.7. The number of oxime groups is 1. The molecule has 5 nitrogen and oxygen atoms in total. The fourth-order valence-electron chi connectivity index (χ4n) is 1.00. The summed E-state index contributed by atoms with van der Waals surface area (Å²) in [6.45, 7) is 0. The Morgan fingerprint density at radius 2 is 1.94 bits per heavy atom. The highest BCUT2D eigenvalue weighted by molar-refractivity contribution is 6.67. The molecular formula is C11H10ClNO4. The highest BCUT2D eigenvalue weighted by Crippen LogP contribution is 2.09. The van der Waals surface area contributed by atoms with Crippen LogP contribution in [0.4, 0.5) is 0 Å². The number of hydrogen-bond donors (Lipinski definition) is 0. The molecule has 0 amide bonds. The quantitative estimate of drug-likeness (QED) is 0.199.